The number of aromatic nitrogens is 2. The standard InChI is InChI=1S/C13H21N3O/c1-4-16-6-5-12(14-16)13(17)15-8-10(2)7-11(3)9-15/h5-6,10-11H,4,7-9H2,1-3H3. The van der Waals surface area contributed by atoms with E-state index in [1.165, 1.54) is 6.42 Å². The van der Waals surface area contributed by atoms with E-state index in [0.29, 0.717) is 17.5 Å². The van der Waals surface area contributed by atoms with Crippen molar-refractivity contribution in [3.63, 3.8) is 0 Å². The Balaban J connectivity index is 2.08. The first-order chi connectivity index (χ1) is 8.10. The number of likely N-dealkylation sites (tertiary alicyclic amines) is 1. The Bertz CT molecular complexity index is 389. The molecule has 94 valence electrons. The summed E-state index contributed by atoms with van der Waals surface area (Å²) in [5.41, 5.74) is 0.577. The van der Waals surface area contributed by atoms with Gasteiger partial charge in [0.1, 0.15) is 5.69 Å². The van der Waals surface area contributed by atoms with Gasteiger partial charge in [0.25, 0.3) is 5.91 Å². The lowest BCUT2D eigenvalue weighted by atomic mass is 9.92. The van der Waals surface area contributed by atoms with Gasteiger partial charge in [0, 0.05) is 25.8 Å². The van der Waals surface area contributed by atoms with Crippen molar-refractivity contribution in [1.29, 1.82) is 0 Å². The first-order valence-electron chi connectivity index (χ1n) is 6.43. The Morgan fingerprint density at radius 3 is 2.59 bits per heavy atom. The average molecular weight is 235 g/mol. The molecule has 0 aliphatic carbocycles. The van der Waals surface area contributed by atoms with Crippen LogP contribution in [0.4, 0.5) is 0 Å². The fourth-order valence-electron chi connectivity index (χ4n) is 2.64. The fraction of sp³-hybridized carbons (Fsp3) is 0.692. The average Bonchev–Trinajstić information content (AvgIpc) is 2.75. The van der Waals surface area contributed by atoms with Crippen LogP contribution < -0.4 is 0 Å². The summed E-state index contributed by atoms with van der Waals surface area (Å²) in [6.45, 7) is 8.97. The highest BCUT2D eigenvalue weighted by atomic mass is 16.2. The highest BCUT2D eigenvalue weighted by Gasteiger charge is 2.27. The number of aryl methyl sites for hydroxylation is 1. The second-order valence-electron chi connectivity index (χ2n) is 5.21. The molecule has 4 heteroatoms. The quantitative estimate of drug-likeness (QED) is 0.786. The van der Waals surface area contributed by atoms with Crippen molar-refractivity contribution in [3.05, 3.63) is 18.0 Å². The second-order valence-corrected chi connectivity index (χ2v) is 5.21. The van der Waals surface area contributed by atoms with E-state index in [9.17, 15) is 4.79 Å². The summed E-state index contributed by atoms with van der Waals surface area (Å²) in [5.74, 6) is 1.27. The van der Waals surface area contributed by atoms with Crippen molar-refractivity contribution in [1.82, 2.24) is 14.7 Å². The predicted molar refractivity (Wildman–Crippen MR) is 66.7 cm³/mol. The van der Waals surface area contributed by atoms with E-state index in [-0.39, 0.29) is 5.91 Å². The van der Waals surface area contributed by atoms with Gasteiger partial charge in [0.05, 0.1) is 0 Å². The van der Waals surface area contributed by atoms with Crippen LogP contribution in [0.25, 0.3) is 0 Å². The highest BCUT2D eigenvalue weighted by molar-refractivity contribution is 5.92. The number of rotatable bonds is 2. The van der Waals surface area contributed by atoms with Gasteiger partial charge in [0.2, 0.25) is 0 Å². The van der Waals surface area contributed by atoms with Gasteiger partial charge in [0.15, 0.2) is 0 Å². The fourth-order valence-corrected chi connectivity index (χ4v) is 2.64. The van der Waals surface area contributed by atoms with Gasteiger partial charge in [-0.3, -0.25) is 9.48 Å². The maximum Gasteiger partial charge on any atom is 0.274 e. The molecule has 0 bridgehead atoms. The van der Waals surface area contributed by atoms with Gasteiger partial charge in [-0.25, -0.2) is 0 Å². The van der Waals surface area contributed by atoms with Crippen LogP contribution >= 0.6 is 0 Å². The summed E-state index contributed by atoms with van der Waals surface area (Å²) >= 11 is 0. The van der Waals surface area contributed by atoms with Gasteiger partial charge >= 0.3 is 0 Å². The summed E-state index contributed by atoms with van der Waals surface area (Å²) in [6, 6.07) is 1.82. The maximum atomic E-state index is 12.3. The van der Waals surface area contributed by atoms with E-state index < -0.39 is 0 Å². The number of nitrogens with zero attached hydrogens (tertiary/aromatic N) is 3. The Hall–Kier alpha value is -1.32. The number of piperidine rings is 1. The Morgan fingerprint density at radius 1 is 1.41 bits per heavy atom. The summed E-state index contributed by atoms with van der Waals surface area (Å²) in [5, 5.41) is 4.28. The van der Waals surface area contributed by atoms with E-state index in [2.05, 4.69) is 18.9 Å². The van der Waals surface area contributed by atoms with Crippen molar-refractivity contribution in [2.45, 2.75) is 33.7 Å². The lowest BCUT2D eigenvalue weighted by molar-refractivity contribution is 0.0616. The third-order valence-corrected chi connectivity index (χ3v) is 3.34. The molecule has 0 aromatic carbocycles. The van der Waals surface area contributed by atoms with Gasteiger partial charge < -0.3 is 4.90 Å². The van der Waals surface area contributed by atoms with Crippen LogP contribution in [0.2, 0.25) is 0 Å². The van der Waals surface area contributed by atoms with Crippen LogP contribution in [-0.4, -0.2) is 33.7 Å². The monoisotopic (exact) mass is 235 g/mol. The van der Waals surface area contributed by atoms with Crippen molar-refractivity contribution < 1.29 is 4.79 Å². The van der Waals surface area contributed by atoms with E-state index in [1.54, 1.807) is 4.68 Å². The molecule has 1 saturated heterocycles. The van der Waals surface area contributed by atoms with Gasteiger partial charge in [-0.1, -0.05) is 13.8 Å². The minimum absolute atomic E-state index is 0.0793. The van der Waals surface area contributed by atoms with Crippen LogP contribution in [-0.2, 0) is 6.54 Å². The van der Waals surface area contributed by atoms with Crippen molar-refractivity contribution in [2.24, 2.45) is 11.8 Å². The van der Waals surface area contributed by atoms with Crippen LogP contribution in [0.3, 0.4) is 0 Å². The number of amides is 1. The van der Waals surface area contributed by atoms with E-state index in [4.69, 9.17) is 0 Å². The molecule has 0 N–H and O–H groups in total. The summed E-state index contributed by atoms with van der Waals surface area (Å²) in [7, 11) is 0. The summed E-state index contributed by atoms with van der Waals surface area (Å²) in [6.07, 6.45) is 3.08. The topological polar surface area (TPSA) is 38.1 Å². The molecule has 2 atom stereocenters. The molecule has 2 heterocycles. The van der Waals surface area contributed by atoms with E-state index in [1.807, 2.05) is 24.1 Å². The molecule has 1 aliphatic rings. The summed E-state index contributed by atoms with van der Waals surface area (Å²) in [4.78, 5) is 14.2. The molecular formula is C13H21N3O. The number of carbonyl (C=O) groups is 1. The molecule has 17 heavy (non-hydrogen) atoms. The van der Waals surface area contributed by atoms with Crippen LogP contribution in [0.5, 0.6) is 0 Å². The SMILES string of the molecule is CCn1ccc(C(=O)N2CC(C)CC(C)C2)n1. The Labute approximate surface area is 103 Å². The van der Waals surface area contributed by atoms with Crippen molar-refractivity contribution in [2.75, 3.05) is 13.1 Å². The predicted octanol–water partition coefficient (Wildman–Crippen LogP) is 2.02. The lowest BCUT2D eigenvalue weighted by Crippen LogP contribution is -2.42. The molecule has 1 aliphatic heterocycles. The normalized spacial score (nSPS) is 25.0. The van der Waals surface area contributed by atoms with E-state index >= 15 is 0 Å². The third-order valence-electron chi connectivity index (χ3n) is 3.34. The van der Waals surface area contributed by atoms with Gasteiger partial charge in [-0.05, 0) is 31.2 Å². The minimum atomic E-state index is 0.0793. The maximum absolute atomic E-state index is 12.3. The number of hydrogen-bond acceptors (Lipinski definition) is 2. The molecule has 4 nitrogen and oxygen atoms in total. The van der Waals surface area contributed by atoms with Gasteiger partial charge in [-0.15, -0.1) is 0 Å². The molecule has 2 unspecified atom stereocenters. The molecule has 1 aromatic rings. The number of hydrogen-bond donors (Lipinski definition) is 0. The molecular weight excluding hydrogens is 214 g/mol. The molecule has 2 rings (SSSR count). The summed E-state index contributed by atoms with van der Waals surface area (Å²) < 4.78 is 1.80. The Kier molecular flexibility index (Phi) is 3.50. The highest BCUT2D eigenvalue weighted by Crippen LogP contribution is 2.22. The van der Waals surface area contributed by atoms with Crippen LogP contribution in [0, 0.1) is 11.8 Å². The molecule has 0 saturated carbocycles. The zero-order valence-corrected chi connectivity index (χ0v) is 10.9. The molecule has 1 aromatic heterocycles. The second kappa shape index (κ2) is 4.90. The third kappa shape index (κ3) is 2.68. The number of carbonyl (C=O) groups excluding carboxylic acids is 1. The Morgan fingerprint density at radius 2 is 2.06 bits per heavy atom. The zero-order valence-electron chi connectivity index (χ0n) is 10.9. The van der Waals surface area contributed by atoms with Crippen LogP contribution in [0.1, 0.15) is 37.7 Å². The van der Waals surface area contributed by atoms with Gasteiger partial charge in [-0.2, -0.15) is 5.10 Å². The first kappa shape index (κ1) is 12.1. The first-order valence-corrected chi connectivity index (χ1v) is 6.43. The van der Waals surface area contributed by atoms with Crippen molar-refractivity contribution in [3.8, 4) is 0 Å². The zero-order chi connectivity index (χ0) is 12.4. The molecule has 0 radical (unpaired) electrons. The molecule has 1 amide bonds. The lowest BCUT2D eigenvalue weighted by Gasteiger charge is -2.34. The van der Waals surface area contributed by atoms with E-state index in [0.717, 1.165) is 19.6 Å². The minimum Gasteiger partial charge on any atom is -0.337 e. The van der Waals surface area contributed by atoms with Crippen molar-refractivity contribution >= 4 is 5.91 Å². The molecule has 0 spiro atoms. The smallest absolute Gasteiger partial charge is 0.274 e. The molecule has 1 fully saturated rings. The van der Waals surface area contributed by atoms with Crippen LogP contribution in [0.15, 0.2) is 12.3 Å². The largest absolute Gasteiger partial charge is 0.337 e.